The number of hydrogen-bond acceptors (Lipinski definition) is 1. The van der Waals surface area contributed by atoms with Crippen molar-refractivity contribution in [1.29, 1.82) is 0 Å². The Morgan fingerprint density at radius 2 is 1.78 bits per heavy atom. The van der Waals surface area contributed by atoms with Gasteiger partial charge in [-0.3, -0.25) is 0 Å². The zero-order valence-electron chi connectivity index (χ0n) is 10.9. The third-order valence-corrected chi connectivity index (χ3v) is 5.80. The van der Waals surface area contributed by atoms with E-state index in [0.717, 1.165) is 18.3 Å². The first kappa shape index (κ1) is 11.0. The number of hydrogen-bond donors (Lipinski definition) is 1. The Bertz CT molecular complexity index is 445. The maximum atomic E-state index is 11.0. The van der Waals surface area contributed by atoms with Gasteiger partial charge in [-0.05, 0) is 67.4 Å². The molecular weight excluding hydrogens is 220 g/mol. The second kappa shape index (κ2) is 3.84. The highest BCUT2D eigenvalue weighted by Crippen LogP contribution is 2.55. The van der Waals surface area contributed by atoms with Crippen molar-refractivity contribution >= 4 is 0 Å². The van der Waals surface area contributed by atoms with Crippen LogP contribution in [0.2, 0.25) is 0 Å². The van der Waals surface area contributed by atoms with Gasteiger partial charge in [-0.1, -0.05) is 30.7 Å². The highest BCUT2D eigenvalue weighted by Gasteiger charge is 2.50. The van der Waals surface area contributed by atoms with Gasteiger partial charge >= 0.3 is 0 Å². The summed E-state index contributed by atoms with van der Waals surface area (Å²) in [5.41, 5.74) is 2.16. The van der Waals surface area contributed by atoms with Gasteiger partial charge in [0.1, 0.15) is 0 Å². The maximum absolute atomic E-state index is 11.0. The number of aliphatic hydroxyl groups is 1. The smallest absolute Gasteiger partial charge is 0.0927 e. The van der Waals surface area contributed by atoms with Crippen molar-refractivity contribution in [2.45, 2.75) is 56.5 Å². The summed E-state index contributed by atoms with van der Waals surface area (Å²) in [6, 6.07) is 8.94. The maximum Gasteiger partial charge on any atom is 0.0927 e. The fourth-order valence-corrected chi connectivity index (χ4v) is 4.44. The predicted octanol–water partition coefficient (Wildman–Crippen LogP) is 3.96. The van der Waals surface area contributed by atoms with Crippen LogP contribution in [0, 0.1) is 11.8 Å². The number of benzene rings is 1. The topological polar surface area (TPSA) is 20.2 Å². The largest absolute Gasteiger partial charge is 0.385 e. The van der Waals surface area contributed by atoms with E-state index in [2.05, 4.69) is 24.3 Å². The van der Waals surface area contributed by atoms with E-state index in [-0.39, 0.29) is 0 Å². The molecule has 1 heteroatoms. The van der Waals surface area contributed by atoms with Gasteiger partial charge < -0.3 is 5.11 Å². The van der Waals surface area contributed by atoms with Crippen molar-refractivity contribution in [2.75, 3.05) is 0 Å². The van der Waals surface area contributed by atoms with Gasteiger partial charge in [-0.2, -0.15) is 0 Å². The van der Waals surface area contributed by atoms with Gasteiger partial charge in [0.05, 0.1) is 5.60 Å². The first-order valence-corrected chi connectivity index (χ1v) is 7.58. The van der Waals surface area contributed by atoms with E-state index in [4.69, 9.17) is 0 Å². The molecule has 3 aliphatic carbocycles. The molecule has 0 aliphatic heterocycles. The molecule has 3 aliphatic rings. The van der Waals surface area contributed by atoms with Crippen molar-refractivity contribution < 1.29 is 5.11 Å². The average Bonchev–Trinajstić information content (AvgIpc) is 2.88. The lowest BCUT2D eigenvalue weighted by atomic mass is 9.76. The van der Waals surface area contributed by atoms with E-state index < -0.39 is 5.60 Å². The summed E-state index contributed by atoms with van der Waals surface area (Å²) in [5, 5.41) is 11.0. The van der Waals surface area contributed by atoms with Gasteiger partial charge in [0.15, 0.2) is 0 Å². The lowest BCUT2D eigenvalue weighted by Crippen LogP contribution is -2.32. The minimum atomic E-state index is -0.499. The molecule has 1 aromatic carbocycles. The standard InChI is InChI=1S/C17H22O/c18-17(11-12-4-7-16(17)10-12)15-8-5-14(6-9-15)13-2-1-3-13/h5-6,8-9,12-13,16,18H,1-4,7,10-11H2. The molecule has 1 nitrogen and oxygen atoms in total. The Balaban J connectivity index is 1.61. The Labute approximate surface area is 109 Å². The van der Waals surface area contributed by atoms with Crippen LogP contribution < -0.4 is 0 Å². The van der Waals surface area contributed by atoms with Crippen LogP contribution in [0.1, 0.15) is 62.0 Å². The summed E-state index contributed by atoms with van der Waals surface area (Å²) < 4.78 is 0. The molecule has 18 heavy (non-hydrogen) atoms. The summed E-state index contributed by atoms with van der Waals surface area (Å²) in [5.74, 6) is 2.11. The van der Waals surface area contributed by atoms with Crippen LogP contribution in [0.25, 0.3) is 0 Å². The van der Waals surface area contributed by atoms with Gasteiger partial charge in [0.2, 0.25) is 0 Å². The molecule has 3 unspecified atom stereocenters. The van der Waals surface area contributed by atoms with Crippen LogP contribution in [0.3, 0.4) is 0 Å². The molecule has 0 amide bonds. The minimum absolute atomic E-state index is 0.499. The molecule has 4 rings (SSSR count). The molecule has 0 radical (unpaired) electrons. The molecule has 0 saturated heterocycles. The van der Waals surface area contributed by atoms with Crippen LogP contribution in [0.15, 0.2) is 24.3 Å². The van der Waals surface area contributed by atoms with Gasteiger partial charge in [0, 0.05) is 0 Å². The zero-order valence-corrected chi connectivity index (χ0v) is 10.9. The highest BCUT2D eigenvalue weighted by atomic mass is 16.3. The van der Waals surface area contributed by atoms with Crippen LogP contribution >= 0.6 is 0 Å². The normalized spacial score (nSPS) is 38.9. The lowest BCUT2D eigenvalue weighted by molar-refractivity contribution is -0.0182. The van der Waals surface area contributed by atoms with E-state index in [0.29, 0.717) is 5.92 Å². The van der Waals surface area contributed by atoms with Crippen molar-refractivity contribution in [3.05, 3.63) is 35.4 Å². The summed E-state index contributed by atoms with van der Waals surface area (Å²) in [6.45, 7) is 0. The lowest BCUT2D eigenvalue weighted by Gasteiger charge is -2.33. The Kier molecular flexibility index (Phi) is 2.35. The van der Waals surface area contributed by atoms with Gasteiger partial charge in [0.25, 0.3) is 0 Å². The van der Waals surface area contributed by atoms with E-state index in [9.17, 15) is 5.11 Å². The van der Waals surface area contributed by atoms with E-state index >= 15 is 0 Å². The third-order valence-electron chi connectivity index (χ3n) is 5.80. The van der Waals surface area contributed by atoms with E-state index in [1.54, 1.807) is 0 Å². The number of fused-ring (bicyclic) bond motifs is 2. The molecule has 1 aromatic rings. The fraction of sp³-hybridized carbons (Fsp3) is 0.647. The molecule has 3 atom stereocenters. The molecule has 0 spiro atoms. The minimum Gasteiger partial charge on any atom is -0.385 e. The first-order valence-electron chi connectivity index (χ1n) is 7.58. The second-order valence-corrected chi connectivity index (χ2v) is 6.75. The molecule has 2 bridgehead atoms. The molecule has 96 valence electrons. The second-order valence-electron chi connectivity index (χ2n) is 6.75. The molecule has 3 fully saturated rings. The molecular formula is C17H22O. The SMILES string of the molecule is OC1(c2ccc(C3CCC3)cc2)CC2CCC1C2. The first-order chi connectivity index (χ1) is 8.75. The van der Waals surface area contributed by atoms with Crippen LogP contribution in [0.5, 0.6) is 0 Å². The Morgan fingerprint density at radius 3 is 2.28 bits per heavy atom. The molecule has 0 aromatic heterocycles. The van der Waals surface area contributed by atoms with Gasteiger partial charge in [-0.15, -0.1) is 0 Å². The van der Waals surface area contributed by atoms with Crippen molar-refractivity contribution in [3.8, 4) is 0 Å². The van der Waals surface area contributed by atoms with Crippen LogP contribution in [-0.4, -0.2) is 5.11 Å². The zero-order chi connectivity index (χ0) is 12.2. The average molecular weight is 242 g/mol. The molecule has 3 saturated carbocycles. The summed E-state index contributed by atoms with van der Waals surface area (Å²) in [7, 11) is 0. The van der Waals surface area contributed by atoms with Crippen LogP contribution in [0.4, 0.5) is 0 Å². The van der Waals surface area contributed by atoms with Crippen LogP contribution in [-0.2, 0) is 5.60 Å². The Hall–Kier alpha value is -0.820. The van der Waals surface area contributed by atoms with E-state index in [1.165, 1.54) is 49.7 Å². The highest BCUT2D eigenvalue weighted by molar-refractivity contribution is 5.32. The fourth-order valence-electron chi connectivity index (χ4n) is 4.44. The van der Waals surface area contributed by atoms with Crippen molar-refractivity contribution in [1.82, 2.24) is 0 Å². The van der Waals surface area contributed by atoms with Crippen molar-refractivity contribution in [3.63, 3.8) is 0 Å². The summed E-state index contributed by atoms with van der Waals surface area (Å²) in [4.78, 5) is 0. The third kappa shape index (κ3) is 1.50. The quantitative estimate of drug-likeness (QED) is 0.832. The molecule has 0 heterocycles. The van der Waals surface area contributed by atoms with Crippen molar-refractivity contribution in [2.24, 2.45) is 11.8 Å². The summed E-state index contributed by atoms with van der Waals surface area (Å²) in [6.07, 6.45) is 8.92. The predicted molar refractivity (Wildman–Crippen MR) is 72.4 cm³/mol. The van der Waals surface area contributed by atoms with E-state index in [1.807, 2.05) is 0 Å². The number of rotatable bonds is 2. The Morgan fingerprint density at radius 1 is 1.00 bits per heavy atom. The molecule has 1 N–H and O–H groups in total. The monoisotopic (exact) mass is 242 g/mol. The summed E-state index contributed by atoms with van der Waals surface area (Å²) >= 11 is 0. The van der Waals surface area contributed by atoms with Gasteiger partial charge in [-0.25, -0.2) is 0 Å².